The van der Waals surface area contributed by atoms with Crippen LogP contribution in [0.25, 0.3) is 0 Å². The highest BCUT2D eigenvalue weighted by molar-refractivity contribution is 7.92. The van der Waals surface area contributed by atoms with Gasteiger partial charge in [-0.1, -0.05) is 18.7 Å². The first kappa shape index (κ1) is 34.6. The van der Waals surface area contributed by atoms with E-state index in [0.717, 1.165) is 24.3 Å². The number of rotatable bonds is 8. The second-order valence-electron chi connectivity index (χ2n) is 10.4. The van der Waals surface area contributed by atoms with Gasteiger partial charge in [0.05, 0.1) is 28.9 Å². The fourth-order valence-corrected chi connectivity index (χ4v) is 6.79. The van der Waals surface area contributed by atoms with Crippen molar-refractivity contribution in [1.29, 1.82) is 0 Å². The lowest BCUT2D eigenvalue weighted by Gasteiger charge is -2.39. The molecule has 17 heteroatoms. The van der Waals surface area contributed by atoms with Crippen molar-refractivity contribution in [2.45, 2.75) is 61.8 Å². The van der Waals surface area contributed by atoms with Gasteiger partial charge in [-0.05, 0) is 55.7 Å². The van der Waals surface area contributed by atoms with E-state index in [1.54, 1.807) is 0 Å². The Bertz CT molecular complexity index is 1760. The highest BCUT2D eigenvalue weighted by atomic mass is 32.2. The number of aromatic nitrogens is 1. The molecular weight excluding hydrogens is 651 g/mol. The largest absolute Gasteiger partial charge is 0.506 e. The molecule has 1 atom stereocenters. The molecule has 1 unspecified atom stereocenters. The number of benzene rings is 2. The summed E-state index contributed by atoms with van der Waals surface area (Å²) in [5, 5.41) is 32.3. The van der Waals surface area contributed by atoms with E-state index in [2.05, 4.69) is 16.9 Å². The molecule has 0 spiro atoms. The predicted octanol–water partition coefficient (Wildman–Crippen LogP) is 4.42. The first-order valence-electron chi connectivity index (χ1n) is 13.3. The molecular formula is C29H26F7N3O6S. The van der Waals surface area contributed by atoms with Gasteiger partial charge in [0.15, 0.2) is 0 Å². The summed E-state index contributed by atoms with van der Waals surface area (Å²) in [7, 11) is -4.78. The second kappa shape index (κ2) is 12.2. The molecule has 4 rings (SSSR count). The molecule has 0 fully saturated rings. The van der Waals surface area contributed by atoms with Gasteiger partial charge in [-0.3, -0.25) is 14.1 Å². The predicted molar refractivity (Wildman–Crippen MR) is 148 cm³/mol. The van der Waals surface area contributed by atoms with Crippen molar-refractivity contribution >= 4 is 21.6 Å². The lowest BCUT2D eigenvalue weighted by molar-refractivity contribution is -0.376. The lowest BCUT2D eigenvalue weighted by atomic mass is 9.87. The number of aromatic hydroxyl groups is 1. The maximum absolute atomic E-state index is 13.9. The number of carbonyl (C=O) groups excluding carboxylic acids is 1. The van der Waals surface area contributed by atoms with Crippen LogP contribution in [0.1, 0.15) is 34.4 Å². The third-order valence-corrected chi connectivity index (χ3v) is 9.45. The number of aliphatic hydroxyl groups excluding tert-OH is 1. The number of hydrogen-bond acceptors (Lipinski definition) is 7. The summed E-state index contributed by atoms with van der Waals surface area (Å²) < 4.78 is 124. The van der Waals surface area contributed by atoms with Gasteiger partial charge in [-0.15, -0.1) is 0 Å². The van der Waals surface area contributed by atoms with Crippen molar-refractivity contribution in [3.63, 3.8) is 0 Å². The molecule has 4 N–H and O–H groups in total. The molecule has 0 radical (unpaired) electrons. The topological polar surface area (TPSA) is 140 Å². The van der Waals surface area contributed by atoms with E-state index >= 15 is 0 Å². The minimum absolute atomic E-state index is 0.107. The maximum atomic E-state index is 13.9. The number of carbonyl (C=O) groups is 1. The zero-order valence-corrected chi connectivity index (χ0v) is 24.6. The highest BCUT2D eigenvalue weighted by Gasteiger charge is 2.71. The van der Waals surface area contributed by atoms with E-state index < -0.39 is 74.1 Å². The minimum Gasteiger partial charge on any atom is -0.506 e. The van der Waals surface area contributed by atoms with Crippen LogP contribution in [0.2, 0.25) is 0 Å². The molecule has 1 aliphatic heterocycles. The third-order valence-electron chi connectivity index (χ3n) is 7.62. The number of pyridine rings is 1. The van der Waals surface area contributed by atoms with Crippen LogP contribution in [0, 0.1) is 12.7 Å². The fourth-order valence-electron chi connectivity index (χ4n) is 5.08. The van der Waals surface area contributed by atoms with Gasteiger partial charge in [0.1, 0.15) is 11.6 Å². The number of amides is 1. The zero-order chi connectivity index (χ0) is 34.4. The summed E-state index contributed by atoms with van der Waals surface area (Å²) in [5.41, 5.74) is -7.54. The molecule has 1 aromatic heterocycles. The number of fused-ring (bicyclic) bond motifs is 1. The van der Waals surface area contributed by atoms with Crippen LogP contribution in [0.15, 0.2) is 65.7 Å². The molecule has 0 saturated carbocycles. The maximum Gasteiger partial charge on any atom is 0.430 e. The van der Waals surface area contributed by atoms with Gasteiger partial charge in [-0.25, -0.2) is 12.8 Å². The molecule has 3 aromatic rings. The van der Waals surface area contributed by atoms with Crippen molar-refractivity contribution in [3.05, 3.63) is 94.6 Å². The second-order valence-corrected chi connectivity index (χ2v) is 12.2. The third kappa shape index (κ3) is 6.01. The standard InChI is InChI=1S/C29H26F7N3O6S/c1-15(26(42)38-13-22-18(14-40)12-37-16(2)25(22)41)23-9-3-17-11-19(27(43,28(31,32)33)29(34,35)36)4-10-24(17)39(23)46(44,45)21-7-5-20(30)6-8-21/h4-8,10-12,23,40-41,43H,1,3,9,13-14H2,2H3,(H,38,42). The molecule has 0 saturated heterocycles. The number of alkyl halides is 6. The van der Waals surface area contributed by atoms with Crippen molar-refractivity contribution in [3.8, 4) is 5.75 Å². The van der Waals surface area contributed by atoms with Crippen LogP contribution < -0.4 is 9.62 Å². The summed E-state index contributed by atoms with van der Waals surface area (Å²) in [6.45, 7) is 4.25. The average Bonchev–Trinajstić information content (AvgIpc) is 2.98. The van der Waals surface area contributed by atoms with Crippen molar-refractivity contribution in [2.24, 2.45) is 0 Å². The average molecular weight is 678 g/mol. The Hall–Kier alpha value is -4.22. The molecule has 2 aromatic carbocycles. The first-order valence-corrected chi connectivity index (χ1v) is 14.7. The Morgan fingerprint density at radius 3 is 2.26 bits per heavy atom. The Morgan fingerprint density at radius 2 is 1.70 bits per heavy atom. The fraction of sp³-hybridized carbons (Fsp3) is 0.310. The number of aliphatic hydroxyl groups is 2. The van der Waals surface area contributed by atoms with Crippen LogP contribution >= 0.6 is 0 Å². The molecule has 248 valence electrons. The normalized spacial score (nSPS) is 15.8. The number of anilines is 1. The molecule has 46 heavy (non-hydrogen) atoms. The number of aryl methyl sites for hydroxylation is 2. The summed E-state index contributed by atoms with van der Waals surface area (Å²) in [4.78, 5) is 16.7. The lowest BCUT2D eigenvalue weighted by Crippen LogP contribution is -2.54. The summed E-state index contributed by atoms with van der Waals surface area (Å²) in [6, 6.07) is 3.27. The van der Waals surface area contributed by atoms with E-state index in [-0.39, 0.29) is 53.6 Å². The van der Waals surface area contributed by atoms with Crippen LogP contribution in [0.4, 0.5) is 36.4 Å². The van der Waals surface area contributed by atoms with Crippen LogP contribution in [-0.2, 0) is 40.0 Å². The van der Waals surface area contributed by atoms with Crippen molar-refractivity contribution in [1.82, 2.24) is 10.3 Å². The molecule has 0 bridgehead atoms. The Balaban J connectivity index is 1.78. The number of nitrogens with zero attached hydrogens (tertiary/aromatic N) is 2. The van der Waals surface area contributed by atoms with Gasteiger partial charge in [-0.2, -0.15) is 26.3 Å². The van der Waals surface area contributed by atoms with E-state index in [1.807, 2.05) is 0 Å². The van der Waals surface area contributed by atoms with Crippen molar-refractivity contribution in [2.75, 3.05) is 4.31 Å². The Kier molecular flexibility index (Phi) is 9.18. The number of nitrogens with one attached hydrogen (secondary N) is 1. The van der Waals surface area contributed by atoms with E-state index in [1.165, 1.54) is 13.1 Å². The number of hydrogen-bond donors (Lipinski definition) is 4. The van der Waals surface area contributed by atoms with E-state index in [0.29, 0.717) is 16.4 Å². The smallest absolute Gasteiger partial charge is 0.430 e. The zero-order valence-electron chi connectivity index (χ0n) is 23.7. The van der Waals surface area contributed by atoms with Gasteiger partial charge in [0.2, 0.25) is 5.91 Å². The molecule has 0 aliphatic carbocycles. The van der Waals surface area contributed by atoms with E-state index in [9.17, 15) is 59.3 Å². The van der Waals surface area contributed by atoms with Gasteiger partial charge in [0.25, 0.3) is 15.6 Å². The van der Waals surface area contributed by atoms with Crippen LogP contribution in [0.5, 0.6) is 5.75 Å². The number of sulfonamides is 1. The van der Waals surface area contributed by atoms with Gasteiger partial charge >= 0.3 is 12.4 Å². The first-order chi connectivity index (χ1) is 21.3. The minimum atomic E-state index is -6.19. The monoisotopic (exact) mass is 677 g/mol. The van der Waals surface area contributed by atoms with Crippen LogP contribution in [-0.4, -0.2) is 53.0 Å². The van der Waals surface area contributed by atoms with Crippen LogP contribution in [0.3, 0.4) is 0 Å². The summed E-state index contributed by atoms with van der Waals surface area (Å²) in [6.07, 6.45) is -11.8. The summed E-state index contributed by atoms with van der Waals surface area (Å²) >= 11 is 0. The van der Waals surface area contributed by atoms with Gasteiger partial charge in [0, 0.05) is 35.0 Å². The van der Waals surface area contributed by atoms with Crippen molar-refractivity contribution < 1.29 is 59.3 Å². The molecule has 9 nitrogen and oxygen atoms in total. The molecule has 1 amide bonds. The van der Waals surface area contributed by atoms with E-state index in [4.69, 9.17) is 0 Å². The Labute approximate surface area is 257 Å². The summed E-state index contributed by atoms with van der Waals surface area (Å²) in [5.74, 6) is -2.07. The van der Waals surface area contributed by atoms with Gasteiger partial charge < -0.3 is 20.6 Å². The quantitative estimate of drug-likeness (QED) is 0.205. The molecule has 2 heterocycles. The highest BCUT2D eigenvalue weighted by Crippen LogP contribution is 2.51. The Morgan fingerprint density at radius 1 is 1.09 bits per heavy atom. The molecule has 1 aliphatic rings. The SMILES string of the molecule is C=C(C(=O)NCc1c(CO)cnc(C)c1O)C1CCc2cc(C(O)(C(F)(F)F)C(F)(F)F)ccc2N1S(=O)(=O)c1ccc(F)cc1. The number of halogens is 7.